The second kappa shape index (κ2) is 7.06. The van der Waals surface area contributed by atoms with Gasteiger partial charge in [-0.25, -0.2) is 14.2 Å². The van der Waals surface area contributed by atoms with E-state index in [1.165, 1.54) is 12.1 Å². The van der Waals surface area contributed by atoms with Crippen molar-refractivity contribution in [3.05, 3.63) is 89.3 Å². The minimum atomic E-state index is -0.955. The molecule has 122 valence electrons. The second-order valence-corrected chi connectivity index (χ2v) is 5.37. The Hall–Kier alpha value is -2.99. The van der Waals surface area contributed by atoms with Crippen molar-refractivity contribution in [1.82, 2.24) is 15.3 Å². The highest BCUT2D eigenvalue weighted by Gasteiger charge is 2.16. The SMILES string of the molecule is O=C(O)c1ccc(CNC(c2cccc(F)c2)c2c[nH]cn2)cc1. The molecule has 0 bridgehead atoms. The van der Waals surface area contributed by atoms with Crippen molar-refractivity contribution in [3.63, 3.8) is 0 Å². The van der Waals surface area contributed by atoms with Gasteiger partial charge in [0.15, 0.2) is 0 Å². The normalized spacial score (nSPS) is 12.0. The average Bonchev–Trinajstić information content (AvgIpc) is 3.10. The van der Waals surface area contributed by atoms with E-state index in [1.54, 1.807) is 42.9 Å². The number of rotatable bonds is 6. The number of aromatic carboxylic acids is 1. The smallest absolute Gasteiger partial charge is 0.335 e. The molecule has 2 aromatic carbocycles. The summed E-state index contributed by atoms with van der Waals surface area (Å²) in [7, 11) is 0. The van der Waals surface area contributed by atoms with E-state index >= 15 is 0 Å². The summed E-state index contributed by atoms with van der Waals surface area (Å²) >= 11 is 0. The number of benzene rings is 2. The van der Waals surface area contributed by atoms with Gasteiger partial charge in [-0.2, -0.15) is 0 Å². The first-order valence-corrected chi connectivity index (χ1v) is 7.43. The van der Waals surface area contributed by atoms with Crippen LogP contribution in [0.3, 0.4) is 0 Å². The van der Waals surface area contributed by atoms with Gasteiger partial charge in [0.05, 0.1) is 23.6 Å². The van der Waals surface area contributed by atoms with Crippen LogP contribution in [0.4, 0.5) is 4.39 Å². The molecular formula is C18H16FN3O2. The van der Waals surface area contributed by atoms with Crippen LogP contribution in [-0.2, 0) is 6.54 Å². The Labute approximate surface area is 138 Å². The molecule has 0 fully saturated rings. The molecule has 1 atom stereocenters. The molecule has 1 aromatic heterocycles. The van der Waals surface area contributed by atoms with Crippen LogP contribution in [0.25, 0.3) is 0 Å². The van der Waals surface area contributed by atoms with Crippen LogP contribution in [-0.4, -0.2) is 21.0 Å². The highest BCUT2D eigenvalue weighted by molar-refractivity contribution is 5.87. The lowest BCUT2D eigenvalue weighted by Gasteiger charge is -2.17. The van der Waals surface area contributed by atoms with Gasteiger partial charge < -0.3 is 15.4 Å². The zero-order valence-electron chi connectivity index (χ0n) is 12.7. The third-order valence-electron chi connectivity index (χ3n) is 3.71. The van der Waals surface area contributed by atoms with Gasteiger partial charge in [0.2, 0.25) is 0 Å². The van der Waals surface area contributed by atoms with E-state index in [4.69, 9.17) is 5.11 Å². The van der Waals surface area contributed by atoms with Gasteiger partial charge in [0.25, 0.3) is 0 Å². The summed E-state index contributed by atoms with van der Waals surface area (Å²) in [6.07, 6.45) is 3.33. The molecule has 24 heavy (non-hydrogen) atoms. The minimum absolute atomic E-state index is 0.243. The summed E-state index contributed by atoms with van der Waals surface area (Å²) in [4.78, 5) is 18.0. The van der Waals surface area contributed by atoms with E-state index in [-0.39, 0.29) is 17.4 Å². The molecule has 0 spiro atoms. The zero-order valence-corrected chi connectivity index (χ0v) is 12.7. The number of H-pyrrole nitrogens is 1. The number of carboxylic acids is 1. The lowest BCUT2D eigenvalue weighted by molar-refractivity contribution is 0.0697. The van der Waals surface area contributed by atoms with E-state index in [0.717, 1.165) is 16.8 Å². The van der Waals surface area contributed by atoms with Gasteiger partial charge in [-0.3, -0.25) is 0 Å². The number of halogens is 1. The number of nitrogens with zero attached hydrogens (tertiary/aromatic N) is 1. The molecule has 3 rings (SSSR count). The molecule has 3 aromatic rings. The number of hydrogen-bond acceptors (Lipinski definition) is 3. The predicted octanol–water partition coefficient (Wildman–Crippen LogP) is 3.13. The molecule has 0 aliphatic heterocycles. The van der Waals surface area contributed by atoms with Gasteiger partial charge >= 0.3 is 5.97 Å². The number of carboxylic acid groups (broad SMARTS) is 1. The Morgan fingerprint density at radius 1 is 1.25 bits per heavy atom. The van der Waals surface area contributed by atoms with E-state index in [2.05, 4.69) is 15.3 Å². The summed E-state index contributed by atoms with van der Waals surface area (Å²) in [6, 6.07) is 12.7. The van der Waals surface area contributed by atoms with Gasteiger partial charge in [0, 0.05) is 12.7 Å². The number of imidazole rings is 1. The maximum atomic E-state index is 13.5. The molecular weight excluding hydrogens is 309 g/mol. The van der Waals surface area contributed by atoms with Gasteiger partial charge in [-0.1, -0.05) is 24.3 Å². The molecule has 0 saturated heterocycles. The molecule has 0 aliphatic carbocycles. The third kappa shape index (κ3) is 3.67. The molecule has 1 unspecified atom stereocenters. The number of carbonyl (C=O) groups is 1. The molecule has 6 heteroatoms. The van der Waals surface area contributed by atoms with Crippen molar-refractivity contribution >= 4 is 5.97 Å². The second-order valence-electron chi connectivity index (χ2n) is 5.37. The number of aromatic nitrogens is 2. The number of nitrogens with one attached hydrogen (secondary N) is 2. The minimum Gasteiger partial charge on any atom is -0.478 e. The first kappa shape index (κ1) is 15.9. The average molecular weight is 325 g/mol. The Morgan fingerprint density at radius 3 is 2.67 bits per heavy atom. The first-order valence-electron chi connectivity index (χ1n) is 7.43. The van der Waals surface area contributed by atoms with Gasteiger partial charge in [-0.05, 0) is 35.4 Å². The summed E-state index contributed by atoms with van der Waals surface area (Å²) in [5, 5.41) is 12.3. The standard InChI is InChI=1S/C18H16FN3O2/c19-15-3-1-2-14(8-15)17(16-10-20-11-22-16)21-9-12-4-6-13(7-5-12)18(23)24/h1-8,10-11,17,21H,9H2,(H,20,22)(H,23,24). The maximum Gasteiger partial charge on any atom is 0.335 e. The zero-order chi connectivity index (χ0) is 16.9. The lowest BCUT2D eigenvalue weighted by atomic mass is 10.0. The molecule has 0 amide bonds. The molecule has 0 radical (unpaired) electrons. The fourth-order valence-electron chi connectivity index (χ4n) is 2.49. The third-order valence-corrected chi connectivity index (χ3v) is 3.71. The van der Waals surface area contributed by atoms with Crippen molar-refractivity contribution in [1.29, 1.82) is 0 Å². The topological polar surface area (TPSA) is 78.0 Å². The van der Waals surface area contributed by atoms with Crippen molar-refractivity contribution in [2.75, 3.05) is 0 Å². The lowest BCUT2D eigenvalue weighted by Crippen LogP contribution is -2.22. The first-order chi connectivity index (χ1) is 11.6. The highest BCUT2D eigenvalue weighted by atomic mass is 19.1. The van der Waals surface area contributed by atoms with Crippen molar-refractivity contribution in [2.24, 2.45) is 0 Å². The van der Waals surface area contributed by atoms with Gasteiger partial charge in [-0.15, -0.1) is 0 Å². The van der Waals surface area contributed by atoms with Crippen molar-refractivity contribution in [3.8, 4) is 0 Å². The van der Waals surface area contributed by atoms with Gasteiger partial charge in [0.1, 0.15) is 5.82 Å². The molecule has 1 heterocycles. The Morgan fingerprint density at radius 2 is 2.04 bits per heavy atom. The summed E-state index contributed by atoms with van der Waals surface area (Å²) in [5.41, 5.74) is 2.69. The molecule has 0 aliphatic rings. The quantitative estimate of drug-likeness (QED) is 0.651. The van der Waals surface area contributed by atoms with Crippen molar-refractivity contribution < 1.29 is 14.3 Å². The molecule has 3 N–H and O–H groups in total. The van der Waals surface area contributed by atoms with E-state index in [9.17, 15) is 9.18 Å². The Bertz CT molecular complexity index is 817. The van der Waals surface area contributed by atoms with Crippen LogP contribution in [0.2, 0.25) is 0 Å². The summed E-state index contributed by atoms with van der Waals surface area (Å²) in [6.45, 7) is 0.494. The predicted molar refractivity (Wildman–Crippen MR) is 87.1 cm³/mol. The van der Waals surface area contributed by atoms with Crippen LogP contribution in [0.1, 0.15) is 33.2 Å². The van der Waals surface area contributed by atoms with Crippen LogP contribution < -0.4 is 5.32 Å². The van der Waals surface area contributed by atoms with E-state index in [0.29, 0.717) is 6.54 Å². The van der Waals surface area contributed by atoms with Crippen LogP contribution in [0, 0.1) is 5.82 Å². The number of aromatic amines is 1. The Balaban J connectivity index is 1.79. The summed E-state index contributed by atoms with van der Waals surface area (Å²) in [5.74, 6) is -1.26. The summed E-state index contributed by atoms with van der Waals surface area (Å²) < 4.78 is 13.5. The number of hydrogen-bond donors (Lipinski definition) is 3. The Kier molecular flexibility index (Phi) is 4.67. The van der Waals surface area contributed by atoms with E-state index in [1.807, 2.05) is 6.07 Å². The largest absolute Gasteiger partial charge is 0.478 e. The molecule has 5 nitrogen and oxygen atoms in total. The van der Waals surface area contributed by atoms with Crippen LogP contribution >= 0.6 is 0 Å². The fraction of sp³-hybridized carbons (Fsp3) is 0.111. The maximum absolute atomic E-state index is 13.5. The van der Waals surface area contributed by atoms with E-state index < -0.39 is 5.97 Å². The van der Waals surface area contributed by atoms with Crippen LogP contribution in [0.5, 0.6) is 0 Å². The highest BCUT2D eigenvalue weighted by Crippen LogP contribution is 2.21. The van der Waals surface area contributed by atoms with Crippen molar-refractivity contribution in [2.45, 2.75) is 12.6 Å². The van der Waals surface area contributed by atoms with Crippen LogP contribution in [0.15, 0.2) is 61.1 Å². The fourth-order valence-corrected chi connectivity index (χ4v) is 2.49. The monoisotopic (exact) mass is 325 g/mol. The molecule has 0 saturated carbocycles.